The molecule has 1 saturated carbocycles. The van der Waals surface area contributed by atoms with E-state index in [0.29, 0.717) is 19.3 Å². The van der Waals surface area contributed by atoms with Crippen LogP contribution < -0.4 is 5.32 Å². The Balaban J connectivity index is 1.96. The Morgan fingerprint density at radius 2 is 2.07 bits per heavy atom. The van der Waals surface area contributed by atoms with Gasteiger partial charge in [0.1, 0.15) is 0 Å². The SMILES string of the molecule is CC(C)C(=O)NCCOC1CCCC1. The Kier molecular flexibility index (Phi) is 4.94. The van der Waals surface area contributed by atoms with Crippen molar-refractivity contribution in [1.82, 2.24) is 5.32 Å². The highest BCUT2D eigenvalue weighted by Gasteiger charge is 2.14. The molecule has 0 aromatic rings. The van der Waals surface area contributed by atoms with Gasteiger partial charge in [0, 0.05) is 12.5 Å². The highest BCUT2D eigenvalue weighted by molar-refractivity contribution is 5.77. The summed E-state index contributed by atoms with van der Waals surface area (Å²) < 4.78 is 5.62. The second-order valence-electron chi connectivity index (χ2n) is 4.22. The van der Waals surface area contributed by atoms with E-state index in [2.05, 4.69) is 5.32 Å². The van der Waals surface area contributed by atoms with Crippen molar-refractivity contribution < 1.29 is 9.53 Å². The van der Waals surface area contributed by atoms with Gasteiger partial charge < -0.3 is 10.1 Å². The Hall–Kier alpha value is -0.570. The van der Waals surface area contributed by atoms with Crippen LogP contribution in [0.5, 0.6) is 0 Å². The predicted molar refractivity (Wildman–Crippen MR) is 56.1 cm³/mol. The average molecular weight is 199 g/mol. The van der Waals surface area contributed by atoms with E-state index in [-0.39, 0.29) is 11.8 Å². The molecule has 0 aromatic carbocycles. The molecule has 0 atom stereocenters. The van der Waals surface area contributed by atoms with Crippen LogP contribution in [0.25, 0.3) is 0 Å². The lowest BCUT2D eigenvalue weighted by Gasteiger charge is -2.12. The molecule has 0 saturated heterocycles. The van der Waals surface area contributed by atoms with Crippen LogP contribution in [0.2, 0.25) is 0 Å². The van der Waals surface area contributed by atoms with Crippen LogP contribution >= 0.6 is 0 Å². The summed E-state index contributed by atoms with van der Waals surface area (Å²) in [5.41, 5.74) is 0. The van der Waals surface area contributed by atoms with Gasteiger partial charge in [0.05, 0.1) is 12.7 Å². The van der Waals surface area contributed by atoms with Crippen LogP contribution in [-0.2, 0) is 9.53 Å². The van der Waals surface area contributed by atoms with Crippen molar-refractivity contribution in [2.75, 3.05) is 13.2 Å². The Morgan fingerprint density at radius 1 is 1.43 bits per heavy atom. The molecule has 1 N–H and O–H groups in total. The van der Waals surface area contributed by atoms with E-state index in [1.54, 1.807) is 0 Å². The Morgan fingerprint density at radius 3 is 2.64 bits per heavy atom. The quantitative estimate of drug-likeness (QED) is 0.685. The highest BCUT2D eigenvalue weighted by atomic mass is 16.5. The number of hydrogen-bond donors (Lipinski definition) is 1. The van der Waals surface area contributed by atoms with Crippen molar-refractivity contribution in [3.05, 3.63) is 0 Å². The summed E-state index contributed by atoms with van der Waals surface area (Å²) in [6.07, 6.45) is 5.42. The van der Waals surface area contributed by atoms with E-state index in [1.165, 1.54) is 25.7 Å². The Bertz CT molecular complexity index is 174. The molecule has 0 aromatic heterocycles. The van der Waals surface area contributed by atoms with E-state index >= 15 is 0 Å². The fraction of sp³-hybridized carbons (Fsp3) is 0.909. The van der Waals surface area contributed by atoms with E-state index < -0.39 is 0 Å². The fourth-order valence-electron chi connectivity index (χ4n) is 1.66. The normalized spacial score (nSPS) is 17.6. The van der Waals surface area contributed by atoms with Gasteiger partial charge in [-0.2, -0.15) is 0 Å². The van der Waals surface area contributed by atoms with Crippen molar-refractivity contribution in [2.45, 2.75) is 45.6 Å². The lowest BCUT2D eigenvalue weighted by Crippen LogP contribution is -2.31. The number of carbonyl (C=O) groups excluding carboxylic acids is 1. The van der Waals surface area contributed by atoms with Crippen LogP contribution in [0, 0.1) is 5.92 Å². The van der Waals surface area contributed by atoms with E-state index in [0.717, 1.165) is 0 Å². The zero-order valence-corrected chi connectivity index (χ0v) is 9.21. The fourth-order valence-corrected chi connectivity index (χ4v) is 1.66. The molecule has 0 radical (unpaired) electrons. The lowest BCUT2D eigenvalue weighted by molar-refractivity contribution is -0.124. The van der Waals surface area contributed by atoms with E-state index in [1.807, 2.05) is 13.8 Å². The zero-order valence-electron chi connectivity index (χ0n) is 9.21. The largest absolute Gasteiger partial charge is 0.376 e. The monoisotopic (exact) mass is 199 g/mol. The lowest BCUT2D eigenvalue weighted by atomic mass is 10.2. The molecular formula is C11H21NO2. The van der Waals surface area contributed by atoms with Gasteiger partial charge in [0.25, 0.3) is 0 Å². The van der Waals surface area contributed by atoms with Gasteiger partial charge in [-0.25, -0.2) is 0 Å². The summed E-state index contributed by atoms with van der Waals surface area (Å²) in [5.74, 6) is 0.182. The van der Waals surface area contributed by atoms with E-state index in [9.17, 15) is 4.79 Å². The molecule has 1 fully saturated rings. The first-order valence-electron chi connectivity index (χ1n) is 5.59. The highest BCUT2D eigenvalue weighted by Crippen LogP contribution is 2.20. The van der Waals surface area contributed by atoms with Crippen molar-refractivity contribution in [1.29, 1.82) is 0 Å². The van der Waals surface area contributed by atoms with Gasteiger partial charge in [-0.3, -0.25) is 4.79 Å². The van der Waals surface area contributed by atoms with Crippen LogP contribution in [0.15, 0.2) is 0 Å². The summed E-state index contributed by atoms with van der Waals surface area (Å²) in [6, 6.07) is 0. The average Bonchev–Trinajstić information content (AvgIpc) is 2.64. The molecule has 0 unspecified atom stereocenters. The topological polar surface area (TPSA) is 38.3 Å². The molecule has 1 aliphatic rings. The van der Waals surface area contributed by atoms with Crippen molar-refractivity contribution in [3.63, 3.8) is 0 Å². The summed E-state index contributed by atoms with van der Waals surface area (Å²) in [5, 5.41) is 2.84. The van der Waals surface area contributed by atoms with E-state index in [4.69, 9.17) is 4.74 Å². The summed E-state index contributed by atoms with van der Waals surface area (Å²) >= 11 is 0. The maximum atomic E-state index is 11.2. The molecule has 0 aliphatic heterocycles. The maximum Gasteiger partial charge on any atom is 0.222 e. The second-order valence-corrected chi connectivity index (χ2v) is 4.22. The first kappa shape index (κ1) is 11.5. The molecule has 1 aliphatic carbocycles. The number of amides is 1. The van der Waals surface area contributed by atoms with Crippen LogP contribution in [0.1, 0.15) is 39.5 Å². The molecule has 82 valence electrons. The number of carbonyl (C=O) groups is 1. The second kappa shape index (κ2) is 6.02. The smallest absolute Gasteiger partial charge is 0.222 e. The summed E-state index contributed by atoms with van der Waals surface area (Å²) in [6.45, 7) is 5.09. The summed E-state index contributed by atoms with van der Waals surface area (Å²) in [7, 11) is 0. The molecule has 1 amide bonds. The zero-order chi connectivity index (χ0) is 10.4. The van der Waals surface area contributed by atoms with Crippen molar-refractivity contribution in [3.8, 4) is 0 Å². The number of hydrogen-bond acceptors (Lipinski definition) is 2. The third-order valence-corrected chi connectivity index (χ3v) is 2.58. The molecule has 0 heterocycles. The van der Waals surface area contributed by atoms with Crippen molar-refractivity contribution >= 4 is 5.91 Å². The van der Waals surface area contributed by atoms with Gasteiger partial charge >= 0.3 is 0 Å². The third kappa shape index (κ3) is 4.09. The van der Waals surface area contributed by atoms with Crippen LogP contribution in [0.3, 0.4) is 0 Å². The predicted octanol–water partition coefficient (Wildman–Crippen LogP) is 1.72. The first-order valence-corrected chi connectivity index (χ1v) is 5.59. The molecule has 0 spiro atoms. The molecule has 14 heavy (non-hydrogen) atoms. The van der Waals surface area contributed by atoms with Gasteiger partial charge in [0.15, 0.2) is 0 Å². The van der Waals surface area contributed by atoms with Gasteiger partial charge in [-0.15, -0.1) is 0 Å². The van der Waals surface area contributed by atoms with Gasteiger partial charge in [0.2, 0.25) is 5.91 Å². The van der Waals surface area contributed by atoms with Gasteiger partial charge in [-0.05, 0) is 12.8 Å². The third-order valence-electron chi connectivity index (χ3n) is 2.58. The van der Waals surface area contributed by atoms with Crippen LogP contribution in [0.4, 0.5) is 0 Å². The maximum absolute atomic E-state index is 11.2. The number of nitrogens with one attached hydrogen (secondary N) is 1. The van der Waals surface area contributed by atoms with Gasteiger partial charge in [-0.1, -0.05) is 26.7 Å². The molecule has 0 bridgehead atoms. The summed E-state index contributed by atoms with van der Waals surface area (Å²) in [4.78, 5) is 11.2. The minimum absolute atomic E-state index is 0.0708. The number of ether oxygens (including phenoxy) is 1. The Labute approximate surface area is 86.2 Å². The minimum atomic E-state index is 0.0708. The first-order chi connectivity index (χ1) is 6.70. The molecular weight excluding hydrogens is 178 g/mol. The van der Waals surface area contributed by atoms with Crippen molar-refractivity contribution in [2.24, 2.45) is 5.92 Å². The molecule has 1 rings (SSSR count). The van der Waals surface area contributed by atoms with Crippen LogP contribution in [-0.4, -0.2) is 25.2 Å². The molecule has 3 heteroatoms. The number of rotatable bonds is 5. The molecule has 3 nitrogen and oxygen atoms in total. The minimum Gasteiger partial charge on any atom is -0.376 e. The standard InChI is InChI=1S/C11H21NO2/c1-9(2)11(13)12-7-8-14-10-5-3-4-6-10/h9-10H,3-8H2,1-2H3,(H,12,13).